The van der Waals surface area contributed by atoms with Crippen LogP contribution in [0.1, 0.15) is 36.1 Å². The average molecular weight is 456 g/mol. The van der Waals surface area contributed by atoms with E-state index in [2.05, 4.69) is 20.8 Å². The number of benzene rings is 2. The summed E-state index contributed by atoms with van der Waals surface area (Å²) in [5.74, 6) is 0.291. The van der Waals surface area contributed by atoms with Crippen molar-refractivity contribution in [2.45, 2.75) is 31.6 Å². The van der Waals surface area contributed by atoms with Gasteiger partial charge in [0, 0.05) is 12.2 Å². The monoisotopic (exact) mass is 455 g/mol. The summed E-state index contributed by atoms with van der Waals surface area (Å²) in [6.45, 7) is 4.62. The first-order chi connectivity index (χ1) is 15.4. The van der Waals surface area contributed by atoms with E-state index in [4.69, 9.17) is 9.84 Å². The Morgan fingerprint density at radius 3 is 2.69 bits per heavy atom. The summed E-state index contributed by atoms with van der Waals surface area (Å²) in [5.41, 5.74) is 1.40. The summed E-state index contributed by atoms with van der Waals surface area (Å²) >= 11 is 1.27. The smallest absolute Gasteiger partial charge is 0.335 e. The highest BCUT2D eigenvalue weighted by Crippen LogP contribution is 2.28. The fourth-order valence-electron chi connectivity index (χ4n) is 3.14. The summed E-state index contributed by atoms with van der Waals surface area (Å²) in [6, 6.07) is 13.6. The van der Waals surface area contributed by atoms with Gasteiger partial charge in [0.1, 0.15) is 5.75 Å². The van der Waals surface area contributed by atoms with E-state index in [-0.39, 0.29) is 23.3 Å². The normalized spacial score (nSPS) is 11.6. The van der Waals surface area contributed by atoms with Gasteiger partial charge in [-0.1, -0.05) is 30.0 Å². The molecule has 0 saturated heterocycles. The van der Waals surface area contributed by atoms with Crippen molar-refractivity contribution < 1.29 is 19.4 Å². The van der Waals surface area contributed by atoms with Gasteiger partial charge in [-0.2, -0.15) is 0 Å². The zero-order valence-electron chi connectivity index (χ0n) is 18.0. The molecular formula is C22H25N5O4S. The Morgan fingerprint density at radius 2 is 1.97 bits per heavy atom. The van der Waals surface area contributed by atoms with Crippen molar-refractivity contribution in [1.29, 1.82) is 0 Å². The second-order valence-corrected chi connectivity index (χ2v) is 7.82. The van der Waals surface area contributed by atoms with E-state index < -0.39 is 5.97 Å². The third-order valence-corrected chi connectivity index (χ3v) is 5.62. The maximum Gasteiger partial charge on any atom is 0.335 e. The maximum absolute atomic E-state index is 12.4. The fraction of sp³-hybridized carbons (Fsp3) is 0.273. The van der Waals surface area contributed by atoms with Crippen LogP contribution < -0.4 is 15.4 Å². The van der Waals surface area contributed by atoms with Crippen molar-refractivity contribution in [3.63, 3.8) is 0 Å². The van der Waals surface area contributed by atoms with Crippen LogP contribution in [0.4, 0.5) is 11.4 Å². The average Bonchev–Trinajstić information content (AvgIpc) is 3.21. The second-order valence-electron chi connectivity index (χ2n) is 6.87. The van der Waals surface area contributed by atoms with Crippen LogP contribution in [0.2, 0.25) is 0 Å². The fourth-order valence-corrected chi connectivity index (χ4v) is 3.95. The summed E-state index contributed by atoms with van der Waals surface area (Å²) in [6.07, 6.45) is 0. The number of carbonyl (C=O) groups is 2. The van der Waals surface area contributed by atoms with Gasteiger partial charge >= 0.3 is 5.97 Å². The molecule has 2 aromatic carbocycles. The number of hydrogen-bond acceptors (Lipinski definition) is 7. The predicted octanol–water partition coefficient (Wildman–Crippen LogP) is 3.91. The van der Waals surface area contributed by atoms with E-state index in [1.54, 1.807) is 19.2 Å². The number of carbonyl (C=O) groups excluding carboxylic acids is 1. The number of amides is 1. The van der Waals surface area contributed by atoms with Crippen LogP contribution in [0.15, 0.2) is 53.7 Å². The first-order valence-corrected chi connectivity index (χ1v) is 11.0. The van der Waals surface area contributed by atoms with E-state index in [9.17, 15) is 9.59 Å². The first kappa shape index (κ1) is 23.1. The number of anilines is 2. The highest BCUT2D eigenvalue weighted by molar-refractivity contribution is 7.99. The van der Waals surface area contributed by atoms with Gasteiger partial charge in [0.25, 0.3) is 0 Å². The summed E-state index contributed by atoms with van der Waals surface area (Å²) in [5, 5.41) is 24.4. The number of para-hydroxylation sites is 2. The number of rotatable bonds is 10. The van der Waals surface area contributed by atoms with Gasteiger partial charge in [-0.25, -0.2) is 4.79 Å². The first-order valence-electron chi connectivity index (χ1n) is 10.0. The number of aromatic nitrogens is 3. The molecule has 32 heavy (non-hydrogen) atoms. The maximum atomic E-state index is 12.4. The Balaban J connectivity index is 1.65. The standard InChI is InChI=1S/C22H25N5O4S/c1-4-27-20(14(2)23-17-10-5-6-11-18(17)31-3)25-26-22(27)32-13-19(28)24-16-9-7-8-15(12-16)21(29)30/h5-12,14,23H,4,13H2,1-3H3,(H,24,28)(H,29,30)/t14-/m1/s1. The van der Waals surface area contributed by atoms with Gasteiger partial charge in [0.15, 0.2) is 11.0 Å². The minimum absolute atomic E-state index is 0.113. The molecule has 0 unspecified atom stereocenters. The number of carboxylic acids is 1. The van der Waals surface area contributed by atoms with E-state index in [0.29, 0.717) is 17.4 Å². The zero-order chi connectivity index (χ0) is 23.1. The van der Waals surface area contributed by atoms with Gasteiger partial charge in [0.2, 0.25) is 5.91 Å². The molecule has 0 bridgehead atoms. The van der Waals surface area contributed by atoms with Crippen molar-refractivity contribution in [1.82, 2.24) is 14.8 Å². The summed E-state index contributed by atoms with van der Waals surface area (Å²) in [7, 11) is 1.62. The SMILES string of the molecule is CCn1c(SCC(=O)Nc2cccc(C(=O)O)c2)nnc1[C@@H](C)Nc1ccccc1OC. The predicted molar refractivity (Wildman–Crippen MR) is 123 cm³/mol. The van der Waals surface area contributed by atoms with Crippen LogP contribution in [-0.2, 0) is 11.3 Å². The van der Waals surface area contributed by atoms with Crippen LogP contribution in [0.3, 0.4) is 0 Å². The molecular weight excluding hydrogens is 430 g/mol. The van der Waals surface area contributed by atoms with Gasteiger partial charge in [-0.05, 0) is 44.2 Å². The van der Waals surface area contributed by atoms with E-state index in [0.717, 1.165) is 17.3 Å². The largest absolute Gasteiger partial charge is 0.495 e. The molecule has 0 saturated carbocycles. The number of methoxy groups -OCH3 is 1. The lowest BCUT2D eigenvalue weighted by Gasteiger charge is -2.18. The molecule has 1 aromatic heterocycles. The number of nitrogens with one attached hydrogen (secondary N) is 2. The molecule has 1 atom stereocenters. The van der Waals surface area contributed by atoms with Gasteiger partial charge < -0.3 is 25.0 Å². The van der Waals surface area contributed by atoms with Crippen LogP contribution >= 0.6 is 11.8 Å². The zero-order valence-corrected chi connectivity index (χ0v) is 18.8. The number of thioether (sulfide) groups is 1. The van der Waals surface area contributed by atoms with Crippen LogP contribution in [0, 0.1) is 0 Å². The molecule has 0 aliphatic rings. The molecule has 3 rings (SSSR count). The third kappa shape index (κ3) is 5.58. The molecule has 0 radical (unpaired) electrons. The Kier molecular flexibility index (Phi) is 7.72. The molecule has 0 aliphatic heterocycles. The van der Waals surface area contributed by atoms with Crippen LogP contribution in [0.5, 0.6) is 5.75 Å². The molecule has 10 heteroatoms. The van der Waals surface area contributed by atoms with Crippen molar-refractivity contribution in [2.75, 3.05) is 23.5 Å². The van der Waals surface area contributed by atoms with Gasteiger partial charge in [-0.15, -0.1) is 10.2 Å². The van der Waals surface area contributed by atoms with Crippen LogP contribution in [0.25, 0.3) is 0 Å². The Labute approximate surface area is 190 Å². The molecule has 0 fully saturated rings. The lowest BCUT2D eigenvalue weighted by atomic mass is 10.2. The molecule has 9 nitrogen and oxygen atoms in total. The number of nitrogens with zero attached hydrogens (tertiary/aromatic N) is 3. The topological polar surface area (TPSA) is 118 Å². The van der Waals surface area contributed by atoms with Crippen LogP contribution in [-0.4, -0.2) is 44.6 Å². The summed E-state index contributed by atoms with van der Waals surface area (Å²) < 4.78 is 7.35. The van der Waals surface area contributed by atoms with E-state index in [1.807, 2.05) is 42.7 Å². The Hall–Kier alpha value is -3.53. The molecule has 3 N–H and O–H groups in total. The van der Waals surface area contributed by atoms with Crippen molar-refractivity contribution in [2.24, 2.45) is 0 Å². The lowest BCUT2D eigenvalue weighted by Crippen LogP contribution is -2.16. The van der Waals surface area contributed by atoms with Gasteiger partial charge in [-0.3, -0.25) is 4.79 Å². The molecule has 1 amide bonds. The minimum atomic E-state index is -1.05. The Morgan fingerprint density at radius 1 is 1.19 bits per heavy atom. The molecule has 168 valence electrons. The van der Waals surface area contributed by atoms with Gasteiger partial charge in [0.05, 0.1) is 30.2 Å². The minimum Gasteiger partial charge on any atom is -0.495 e. The number of hydrogen-bond donors (Lipinski definition) is 3. The highest BCUT2D eigenvalue weighted by Gasteiger charge is 2.19. The second kappa shape index (κ2) is 10.7. The summed E-state index contributed by atoms with van der Waals surface area (Å²) in [4.78, 5) is 23.4. The molecule has 3 aromatic rings. The molecule has 0 spiro atoms. The van der Waals surface area contributed by atoms with Crippen molar-refractivity contribution in [3.8, 4) is 5.75 Å². The number of aromatic carboxylic acids is 1. The van der Waals surface area contributed by atoms with Crippen molar-refractivity contribution in [3.05, 3.63) is 59.9 Å². The third-order valence-electron chi connectivity index (χ3n) is 4.65. The van der Waals surface area contributed by atoms with E-state index in [1.165, 1.54) is 23.9 Å². The number of ether oxygens (including phenoxy) is 1. The molecule has 1 heterocycles. The van der Waals surface area contributed by atoms with Crippen molar-refractivity contribution >= 4 is 35.0 Å². The molecule has 0 aliphatic carbocycles. The number of carboxylic acid groups (broad SMARTS) is 1. The highest BCUT2D eigenvalue weighted by atomic mass is 32.2. The quantitative estimate of drug-likeness (QED) is 0.394. The van der Waals surface area contributed by atoms with E-state index >= 15 is 0 Å². The Bertz CT molecular complexity index is 1100. The lowest BCUT2D eigenvalue weighted by molar-refractivity contribution is -0.113.